The first kappa shape index (κ1) is 8.17. The molecule has 3 heteroatoms. The first-order valence-corrected chi connectivity index (χ1v) is 3.74. The van der Waals surface area contributed by atoms with Gasteiger partial charge in [0.2, 0.25) is 0 Å². The van der Waals surface area contributed by atoms with Gasteiger partial charge in [-0.15, -0.1) is 0 Å². The van der Waals surface area contributed by atoms with E-state index in [-0.39, 0.29) is 0 Å². The topological polar surface area (TPSA) is 50.9 Å². The largest absolute Gasteiger partial charge is 0.318 e. The molecule has 1 heterocycles. The van der Waals surface area contributed by atoms with Crippen LogP contribution in [0, 0.1) is 0 Å². The van der Waals surface area contributed by atoms with Crippen LogP contribution in [0.3, 0.4) is 0 Å². The van der Waals surface area contributed by atoms with E-state index in [1.54, 1.807) is 6.20 Å². The molecule has 60 valence electrons. The average molecular weight is 151 g/mol. The summed E-state index contributed by atoms with van der Waals surface area (Å²) in [4.78, 5) is 4.17. The Morgan fingerprint density at radius 1 is 1.45 bits per heavy atom. The number of pyridine rings is 1. The lowest BCUT2D eigenvalue weighted by Crippen LogP contribution is -2.24. The van der Waals surface area contributed by atoms with E-state index in [1.807, 2.05) is 18.2 Å². The maximum absolute atomic E-state index is 5.26. The molecule has 0 saturated heterocycles. The minimum atomic E-state index is 0.535. The van der Waals surface area contributed by atoms with E-state index in [2.05, 4.69) is 10.3 Å². The van der Waals surface area contributed by atoms with Crippen LogP contribution in [0.25, 0.3) is 0 Å². The highest BCUT2D eigenvalue weighted by atomic mass is 14.9. The van der Waals surface area contributed by atoms with Crippen molar-refractivity contribution in [2.45, 2.75) is 6.42 Å². The molecule has 0 saturated carbocycles. The highest BCUT2D eigenvalue weighted by molar-refractivity contribution is 5.03. The first-order valence-electron chi connectivity index (χ1n) is 3.74. The third-order valence-corrected chi connectivity index (χ3v) is 1.43. The number of nitrogens with one attached hydrogen (secondary N) is 1. The van der Waals surface area contributed by atoms with Crippen LogP contribution in [-0.2, 0) is 6.42 Å². The second-order valence-electron chi connectivity index (χ2n) is 2.28. The fourth-order valence-electron chi connectivity index (χ4n) is 0.865. The molecule has 1 aromatic heterocycles. The van der Waals surface area contributed by atoms with Gasteiger partial charge in [-0.2, -0.15) is 0 Å². The van der Waals surface area contributed by atoms with Crippen molar-refractivity contribution in [3.8, 4) is 0 Å². The van der Waals surface area contributed by atoms with E-state index in [0.717, 1.165) is 18.7 Å². The molecule has 3 nitrogen and oxygen atoms in total. The fraction of sp³-hybridized carbons (Fsp3) is 0.375. The van der Waals surface area contributed by atoms with Gasteiger partial charge in [0.1, 0.15) is 0 Å². The SMILES string of the molecule is NCNCCc1ccccn1. The number of hydrogen-bond acceptors (Lipinski definition) is 3. The zero-order valence-corrected chi connectivity index (χ0v) is 6.46. The molecule has 0 aliphatic heterocycles. The van der Waals surface area contributed by atoms with Gasteiger partial charge in [-0.05, 0) is 12.1 Å². The third-order valence-electron chi connectivity index (χ3n) is 1.43. The van der Waals surface area contributed by atoms with Crippen LogP contribution in [0.5, 0.6) is 0 Å². The van der Waals surface area contributed by atoms with Crippen molar-refractivity contribution in [3.05, 3.63) is 30.1 Å². The molecule has 0 amide bonds. The lowest BCUT2D eigenvalue weighted by molar-refractivity contribution is 0.693. The Labute approximate surface area is 66.6 Å². The molecule has 0 aromatic carbocycles. The Hall–Kier alpha value is -0.930. The summed E-state index contributed by atoms with van der Waals surface area (Å²) in [5, 5.41) is 3.03. The van der Waals surface area contributed by atoms with Crippen molar-refractivity contribution < 1.29 is 0 Å². The molecule has 11 heavy (non-hydrogen) atoms. The van der Waals surface area contributed by atoms with Crippen molar-refractivity contribution >= 4 is 0 Å². The number of hydrogen-bond donors (Lipinski definition) is 2. The van der Waals surface area contributed by atoms with E-state index in [9.17, 15) is 0 Å². The van der Waals surface area contributed by atoms with Crippen LogP contribution in [0.2, 0.25) is 0 Å². The summed E-state index contributed by atoms with van der Waals surface area (Å²) in [6.07, 6.45) is 2.75. The van der Waals surface area contributed by atoms with E-state index in [1.165, 1.54) is 0 Å². The summed E-state index contributed by atoms with van der Waals surface area (Å²) in [6, 6.07) is 5.92. The standard InChI is InChI=1S/C8H13N3/c9-7-10-6-4-8-3-1-2-5-11-8/h1-3,5,10H,4,6-7,9H2. The predicted octanol–water partition coefficient (Wildman–Crippen LogP) is 0.130. The molecule has 1 aromatic rings. The Morgan fingerprint density at radius 2 is 2.36 bits per heavy atom. The van der Waals surface area contributed by atoms with E-state index in [0.29, 0.717) is 6.67 Å². The minimum Gasteiger partial charge on any atom is -0.318 e. The summed E-state index contributed by atoms with van der Waals surface area (Å²) in [7, 11) is 0. The van der Waals surface area contributed by atoms with Crippen molar-refractivity contribution in [1.29, 1.82) is 0 Å². The van der Waals surface area contributed by atoms with Crippen LogP contribution in [0.4, 0.5) is 0 Å². The molecule has 0 aliphatic carbocycles. The van der Waals surface area contributed by atoms with E-state index >= 15 is 0 Å². The maximum Gasteiger partial charge on any atom is 0.0428 e. The summed E-state index contributed by atoms with van der Waals surface area (Å²) in [5.74, 6) is 0. The van der Waals surface area contributed by atoms with Crippen molar-refractivity contribution in [2.24, 2.45) is 5.73 Å². The highest BCUT2D eigenvalue weighted by Gasteiger charge is 1.89. The molecule has 0 radical (unpaired) electrons. The van der Waals surface area contributed by atoms with Gasteiger partial charge in [-0.3, -0.25) is 4.98 Å². The van der Waals surface area contributed by atoms with Gasteiger partial charge in [-0.25, -0.2) is 0 Å². The maximum atomic E-state index is 5.26. The van der Waals surface area contributed by atoms with Crippen molar-refractivity contribution in [1.82, 2.24) is 10.3 Å². The number of nitrogens with zero attached hydrogens (tertiary/aromatic N) is 1. The molecular weight excluding hydrogens is 138 g/mol. The zero-order valence-electron chi connectivity index (χ0n) is 6.46. The summed E-state index contributed by atoms with van der Waals surface area (Å²) < 4.78 is 0. The normalized spacial score (nSPS) is 9.91. The predicted molar refractivity (Wildman–Crippen MR) is 45.0 cm³/mol. The van der Waals surface area contributed by atoms with Gasteiger partial charge in [0.15, 0.2) is 0 Å². The van der Waals surface area contributed by atoms with Crippen LogP contribution in [0.15, 0.2) is 24.4 Å². The summed E-state index contributed by atoms with van der Waals surface area (Å²) >= 11 is 0. The number of aromatic nitrogens is 1. The van der Waals surface area contributed by atoms with Crippen LogP contribution in [0.1, 0.15) is 5.69 Å². The average Bonchev–Trinajstić information content (AvgIpc) is 2.07. The molecule has 3 N–H and O–H groups in total. The molecule has 0 fully saturated rings. The second kappa shape index (κ2) is 4.82. The van der Waals surface area contributed by atoms with Gasteiger partial charge >= 0.3 is 0 Å². The Bertz CT molecular complexity index is 186. The lowest BCUT2D eigenvalue weighted by atomic mass is 10.3. The van der Waals surface area contributed by atoms with Gasteiger partial charge < -0.3 is 11.1 Å². The monoisotopic (exact) mass is 151 g/mol. The van der Waals surface area contributed by atoms with Crippen LogP contribution < -0.4 is 11.1 Å². The van der Waals surface area contributed by atoms with Crippen molar-refractivity contribution in [3.63, 3.8) is 0 Å². The minimum absolute atomic E-state index is 0.535. The van der Waals surface area contributed by atoms with Gasteiger partial charge in [-0.1, -0.05) is 6.07 Å². The second-order valence-corrected chi connectivity index (χ2v) is 2.28. The van der Waals surface area contributed by atoms with Crippen LogP contribution in [-0.4, -0.2) is 18.2 Å². The molecule has 0 atom stereocenters. The Morgan fingerprint density at radius 3 is 3.00 bits per heavy atom. The van der Waals surface area contributed by atoms with Gasteiger partial charge in [0.05, 0.1) is 0 Å². The molecule has 1 rings (SSSR count). The van der Waals surface area contributed by atoms with Crippen molar-refractivity contribution in [2.75, 3.05) is 13.2 Å². The quantitative estimate of drug-likeness (QED) is 0.475. The molecular formula is C8H13N3. The smallest absolute Gasteiger partial charge is 0.0428 e. The first-order chi connectivity index (χ1) is 5.43. The summed E-state index contributed by atoms with van der Waals surface area (Å²) in [5.41, 5.74) is 6.37. The highest BCUT2D eigenvalue weighted by Crippen LogP contribution is 1.92. The molecule has 0 bridgehead atoms. The van der Waals surface area contributed by atoms with E-state index in [4.69, 9.17) is 5.73 Å². The Balaban J connectivity index is 2.28. The fourth-order valence-corrected chi connectivity index (χ4v) is 0.865. The number of nitrogens with two attached hydrogens (primary N) is 1. The molecule has 0 spiro atoms. The van der Waals surface area contributed by atoms with Gasteiger partial charge in [0, 0.05) is 31.5 Å². The Kier molecular flexibility index (Phi) is 3.58. The zero-order chi connectivity index (χ0) is 7.94. The molecule has 0 aliphatic rings. The molecule has 0 unspecified atom stereocenters. The van der Waals surface area contributed by atoms with Crippen LogP contribution >= 0.6 is 0 Å². The third kappa shape index (κ3) is 3.11. The van der Waals surface area contributed by atoms with Gasteiger partial charge in [0.25, 0.3) is 0 Å². The lowest BCUT2D eigenvalue weighted by Gasteiger charge is -1.99. The summed E-state index contributed by atoms with van der Waals surface area (Å²) in [6.45, 7) is 1.43. The number of rotatable bonds is 4. The van der Waals surface area contributed by atoms with E-state index < -0.39 is 0 Å².